The molecule has 4 heteroatoms. The smallest absolute Gasteiger partial charge is 0.0634 e. The maximum absolute atomic E-state index is 6.18. The Morgan fingerprint density at radius 1 is 1.11 bits per heavy atom. The van der Waals surface area contributed by atoms with Crippen LogP contribution in [0.5, 0.6) is 0 Å². The molecule has 0 saturated carbocycles. The van der Waals surface area contributed by atoms with Gasteiger partial charge in [0.15, 0.2) is 0 Å². The lowest BCUT2D eigenvalue weighted by Crippen LogP contribution is -1.97. The molecule has 0 fully saturated rings. The number of nitrogens with two attached hydrogens (primary N) is 1. The van der Waals surface area contributed by atoms with E-state index in [9.17, 15) is 0 Å². The average molecular weight is 270 g/mol. The van der Waals surface area contributed by atoms with Gasteiger partial charge in [0, 0.05) is 33.9 Å². The number of fused-ring (bicyclic) bond motifs is 1. The minimum absolute atomic E-state index is 0.688. The standard InChI is InChI=1S/C15H12ClN3/c16-11-2-1-3-12(8-11)19-14-5-4-10-9-18-7-6-13(10)15(14)17/h1-9,19H,17H2. The van der Waals surface area contributed by atoms with E-state index in [1.54, 1.807) is 12.4 Å². The highest BCUT2D eigenvalue weighted by atomic mass is 35.5. The average Bonchev–Trinajstić information content (AvgIpc) is 2.42. The Morgan fingerprint density at radius 2 is 2.00 bits per heavy atom. The molecule has 0 saturated heterocycles. The number of nitrogens with one attached hydrogen (secondary N) is 1. The van der Waals surface area contributed by atoms with Crippen molar-refractivity contribution >= 4 is 39.4 Å². The molecule has 0 bridgehead atoms. The van der Waals surface area contributed by atoms with Gasteiger partial charge in [-0.05, 0) is 30.3 Å². The molecule has 0 aliphatic heterocycles. The second kappa shape index (κ2) is 4.78. The van der Waals surface area contributed by atoms with E-state index in [0.29, 0.717) is 10.7 Å². The quantitative estimate of drug-likeness (QED) is 0.685. The second-order valence-corrected chi connectivity index (χ2v) is 4.70. The fourth-order valence-corrected chi connectivity index (χ4v) is 2.21. The molecule has 0 amide bonds. The summed E-state index contributed by atoms with van der Waals surface area (Å²) in [5, 5.41) is 5.98. The molecule has 3 rings (SSSR count). The van der Waals surface area contributed by atoms with Crippen LogP contribution in [0, 0.1) is 0 Å². The molecule has 3 N–H and O–H groups in total. The van der Waals surface area contributed by atoms with Crippen molar-refractivity contribution in [3.8, 4) is 0 Å². The van der Waals surface area contributed by atoms with Crippen LogP contribution in [-0.4, -0.2) is 4.98 Å². The molecule has 1 heterocycles. The van der Waals surface area contributed by atoms with Gasteiger partial charge in [0.2, 0.25) is 0 Å². The fourth-order valence-electron chi connectivity index (χ4n) is 2.02. The third-order valence-electron chi connectivity index (χ3n) is 2.97. The van der Waals surface area contributed by atoms with Crippen molar-refractivity contribution in [3.63, 3.8) is 0 Å². The minimum atomic E-state index is 0.688. The molecule has 0 spiro atoms. The second-order valence-electron chi connectivity index (χ2n) is 4.26. The van der Waals surface area contributed by atoms with Gasteiger partial charge in [0.05, 0.1) is 11.4 Å². The van der Waals surface area contributed by atoms with Crippen LogP contribution < -0.4 is 11.1 Å². The predicted octanol–water partition coefficient (Wildman–Crippen LogP) is 4.21. The van der Waals surface area contributed by atoms with E-state index >= 15 is 0 Å². The maximum Gasteiger partial charge on any atom is 0.0634 e. The molecule has 0 radical (unpaired) electrons. The zero-order valence-electron chi connectivity index (χ0n) is 10.1. The van der Waals surface area contributed by atoms with E-state index in [2.05, 4.69) is 10.3 Å². The van der Waals surface area contributed by atoms with Gasteiger partial charge >= 0.3 is 0 Å². The predicted molar refractivity (Wildman–Crippen MR) is 80.9 cm³/mol. The fraction of sp³-hybridized carbons (Fsp3) is 0. The van der Waals surface area contributed by atoms with Crippen molar-refractivity contribution in [2.45, 2.75) is 0 Å². The first-order valence-corrected chi connectivity index (χ1v) is 6.26. The molecule has 0 aliphatic carbocycles. The summed E-state index contributed by atoms with van der Waals surface area (Å²) in [7, 11) is 0. The number of anilines is 3. The number of hydrogen-bond acceptors (Lipinski definition) is 3. The highest BCUT2D eigenvalue weighted by molar-refractivity contribution is 6.30. The van der Waals surface area contributed by atoms with Crippen LogP contribution in [0.4, 0.5) is 17.1 Å². The monoisotopic (exact) mass is 269 g/mol. The van der Waals surface area contributed by atoms with Crippen LogP contribution >= 0.6 is 11.6 Å². The third kappa shape index (κ3) is 2.33. The molecule has 1 aromatic heterocycles. The number of hydrogen-bond donors (Lipinski definition) is 2. The number of nitrogen functional groups attached to an aromatic ring is 1. The Bertz CT molecular complexity index is 740. The first-order valence-electron chi connectivity index (χ1n) is 5.89. The molecular formula is C15H12ClN3. The lowest BCUT2D eigenvalue weighted by atomic mass is 10.1. The Labute approximate surface area is 116 Å². The highest BCUT2D eigenvalue weighted by Gasteiger charge is 2.04. The summed E-state index contributed by atoms with van der Waals surface area (Å²) >= 11 is 5.97. The topological polar surface area (TPSA) is 50.9 Å². The van der Waals surface area contributed by atoms with Crippen molar-refractivity contribution in [1.82, 2.24) is 4.98 Å². The third-order valence-corrected chi connectivity index (χ3v) is 3.20. The highest BCUT2D eigenvalue weighted by Crippen LogP contribution is 2.30. The molecule has 19 heavy (non-hydrogen) atoms. The van der Waals surface area contributed by atoms with Crippen LogP contribution in [-0.2, 0) is 0 Å². The zero-order chi connectivity index (χ0) is 13.2. The van der Waals surface area contributed by atoms with Crippen molar-refractivity contribution in [1.29, 1.82) is 0 Å². The SMILES string of the molecule is Nc1c(Nc2cccc(Cl)c2)ccc2cnccc12. The first kappa shape index (κ1) is 11.8. The van der Waals surface area contributed by atoms with Crippen molar-refractivity contribution in [2.75, 3.05) is 11.1 Å². The summed E-state index contributed by atoms with van der Waals surface area (Å²) < 4.78 is 0. The van der Waals surface area contributed by atoms with Gasteiger partial charge in [-0.25, -0.2) is 0 Å². The van der Waals surface area contributed by atoms with Gasteiger partial charge in [-0.15, -0.1) is 0 Å². The van der Waals surface area contributed by atoms with Gasteiger partial charge in [-0.3, -0.25) is 4.98 Å². The zero-order valence-corrected chi connectivity index (χ0v) is 10.9. The summed E-state index contributed by atoms with van der Waals surface area (Å²) in [5.74, 6) is 0. The summed E-state index contributed by atoms with van der Waals surface area (Å²) in [4.78, 5) is 4.09. The number of nitrogens with zero attached hydrogens (tertiary/aromatic N) is 1. The van der Waals surface area contributed by atoms with E-state index in [0.717, 1.165) is 22.1 Å². The largest absolute Gasteiger partial charge is 0.397 e. The van der Waals surface area contributed by atoms with Gasteiger partial charge in [-0.2, -0.15) is 0 Å². The minimum Gasteiger partial charge on any atom is -0.397 e. The van der Waals surface area contributed by atoms with Crippen LogP contribution in [0.25, 0.3) is 10.8 Å². The van der Waals surface area contributed by atoms with Crippen molar-refractivity contribution in [3.05, 3.63) is 59.9 Å². The number of halogens is 1. The van der Waals surface area contributed by atoms with E-state index in [-0.39, 0.29) is 0 Å². The van der Waals surface area contributed by atoms with Gasteiger partial charge < -0.3 is 11.1 Å². The molecule has 0 atom stereocenters. The number of benzene rings is 2. The molecule has 0 aliphatic rings. The summed E-state index contributed by atoms with van der Waals surface area (Å²) in [6.07, 6.45) is 3.54. The Kier molecular flexibility index (Phi) is 2.97. The van der Waals surface area contributed by atoms with Crippen LogP contribution in [0.3, 0.4) is 0 Å². The summed E-state index contributed by atoms with van der Waals surface area (Å²) in [5.41, 5.74) is 8.66. The van der Waals surface area contributed by atoms with Crippen molar-refractivity contribution < 1.29 is 0 Å². The Balaban J connectivity index is 2.04. The lowest BCUT2D eigenvalue weighted by molar-refractivity contribution is 1.36. The molecule has 0 unspecified atom stereocenters. The number of rotatable bonds is 2. The van der Waals surface area contributed by atoms with Crippen LogP contribution in [0.2, 0.25) is 5.02 Å². The van der Waals surface area contributed by atoms with Crippen LogP contribution in [0.15, 0.2) is 54.9 Å². The Hall–Kier alpha value is -2.26. The normalized spacial score (nSPS) is 10.6. The van der Waals surface area contributed by atoms with E-state index in [4.69, 9.17) is 17.3 Å². The molecule has 3 aromatic rings. The summed E-state index contributed by atoms with van der Waals surface area (Å²) in [6, 6.07) is 13.4. The van der Waals surface area contributed by atoms with E-state index in [1.807, 2.05) is 42.5 Å². The number of aromatic nitrogens is 1. The molecular weight excluding hydrogens is 258 g/mol. The van der Waals surface area contributed by atoms with E-state index in [1.165, 1.54) is 0 Å². The van der Waals surface area contributed by atoms with Crippen LogP contribution in [0.1, 0.15) is 0 Å². The van der Waals surface area contributed by atoms with Gasteiger partial charge in [0.1, 0.15) is 0 Å². The van der Waals surface area contributed by atoms with E-state index < -0.39 is 0 Å². The lowest BCUT2D eigenvalue weighted by Gasteiger charge is -2.11. The molecule has 94 valence electrons. The maximum atomic E-state index is 6.18. The first-order chi connectivity index (χ1) is 9.24. The number of pyridine rings is 1. The molecule has 3 nitrogen and oxygen atoms in total. The Morgan fingerprint density at radius 3 is 2.84 bits per heavy atom. The van der Waals surface area contributed by atoms with Gasteiger partial charge in [-0.1, -0.05) is 23.7 Å². The van der Waals surface area contributed by atoms with Crippen molar-refractivity contribution in [2.24, 2.45) is 0 Å². The van der Waals surface area contributed by atoms with Gasteiger partial charge in [0.25, 0.3) is 0 Å². The molecule has 2 aromatic carbocycles. The summed E-state index contributed by atoms with van der Waals surface area (Å²) in [6.45, 7) is 0.